The van der Waals surface area contributed by atoms with Crippen LogP contribution < -0.4 is 0 Å². The number of rotatable bonds is 4. The Balaban J connectivity index is 1.67. The summed E-state index contributed by atoms with van der Waals surface area (Å²) in [6.07, 6.45) is 3.25. The number of nitrogens with zero attached hydrogens (tertiary/aromatic N) is 5. The Bertz CT molecular complexity index is 671. The first-order valence-electron chi connectivity index (χ1n) is 7.35. The molecule has 22 heavy (non-hydrogen) atoms. The Hall–Kier alpha value is -1.89. The summed E-state index contributed by atoms with van der Waals surface area (Å²) in [5.41, 5.74) is 2.65. The fraction of sp³-hybridized carbons (Fsp3) is 0.467. The molecule has 1 atom stereocenters. The lowest BCUT2D eigenvalue weighted by molar-refractivity contribution is -0.129. The van der Waals surface area contributed by atoms with Gasteiger partial charge in [-0.15, -0.1) is 5.10 Å². The zero-order valence-electron chi connectivity index (χ0n) is 12.8. The van der Waals surface area contributed by atoms with Gasteiger partial charge in [0.25, 0.3) is 0 Å². The molecule has 7 heteroatoms. The lowest BCUT2D eigenvalue weighted by atomic mass is 9.87. The van der Waals surface area contributed by atoms with Gasteiger partial charge in [0.2, 0.25) is 11.1 Å². The molecular weight excluding hydrogens is 298 g/mol. The number of hydrogen-bond donors (Lipinski definition) is 0. The molecule has 0 radical (unpaired) electrons. The number of hydrogen-bond acceptors (Lipinski definition) is 5. The molecule has 0 saturated heterocycles. The van der Waals surface area contributed by atoms with Crippen LogP contribution in [0.4, 0.5) is 0 Å². The van der Waals surface area contributed by atoms with Crippen LogP contribution in [0.1, 0.15) is 30.0 Å². The summed E-state index contributed by atoms with van der Waals surface area (Å²) in [4.78, 5) is 14.4. The number of thioether (sulfide) groups is 1. The van der Waals surface area contributed by atoms with Crippen LogP contribution in [0.15, 0.2) is 29.4 Å². The minimum Gasteiger partial charge on any atom is -0.338 e. The van der Waals surface area contributed by atoms with Gasteiger partial charge in [0.05, 0.1) is 11.8 Å². The van der Waals surface area contributed by atoms with E-state index in [-0.39, 0.29) is 11.9 Å². The zero-order chi connectivity index (χ0) is 15.5. The van der Waals surface area contributed by atoms with E-state index in [2.05, 4.69) is 39.8 Å². The molecule has 3 rings (SSSR count). The van der Waals surface area contributed by atoms with Gasteiger partial charge in [-0.05, 0) is 40.8 Å². The van der Waals surface area contributed by atoms with Gasteiger partial charge in [0.15, 0.2) is 0 Å². The topological polar surface area (TPSA) is 63.9 Å². The first kappa shape index (κ1) is 15.0. The van der Waals surface area contributed by atoms with Crippen LogP contribution in [0.3, 0.4) is 0 Å². The van der Waals surface area contributed by atoms with Crippen molar-refractivity contribution in [3.8, 4) is 0 Å². The van der Waals surface area contributed by atoms with Crippen molar-refractivity contribution in [2.75, 3.05) is 12.8 Å². The molecular formula is C15H19N5OS. The van der Waals surface area contributed by atoms with E-state index in [0.717, 1.165) is 19.3 Å². The summed E-state index contributed by atoms with van der Waals surface area (Å²) in [5.74, 6) is 0.457. The number of aryl methyl sites for hydroxylation is 2. The van der Waals surface area contributed by atoms with E-state index in [1.807, 2.05) is 11.9 Å². The lowest BCUT2D eigenvalue weighted by Gasteiger charge is -2.33. The fourth-order valence-corrected chi connectivity index (χ4v) is 3.65. The number of benzene rings is 1. The van der Waals surface area contributed by atoms with Crippen LogP contribution in [0, 0.1) is 0 Å². The number of aromatic nitrogens is 4. The number of carbonyl (C=O) groups excluding carboxylic acids is 1. The van der Waals surface area contributed by atoms with Crippen LogP contribution in [0.5, 0.6) is 0 Å². The number of amides is 1. The zero-order valence-corrected chi connectivity index (χ0v) is 13.6. The number of carbonyl (C=O) groups is 1. The molecule has 1 aliphatic rings. The van der Waals surface area contributed by atoms with E-state index in [1.54, 1.807) is 11.7 Å². The predicted octanol–water partition coefficient (Wildman–Crippen LogP) is 1.84. The van der Waals surface area contributed by atoms with Crippen LogP contribution >= 0.6 is 11.8 Å². The van der Waals surface area contributed by atoms with E-state index in [4.69, 9.17) is 0 Å². The minimum absolute atomic E-state index is 0.106. The summed E-state index contributed by atoms with van der Waals surface area (Å²) in [6, 6.07) is 8.60. The average molecular weight is 317 g/mol. The Morgan fingerprint density at radius 2 is 2.27 bits per heavy atom. The Kier molecular flexibility index (Phi) is 4.42. The molecule has 1 amide bonds. The summed E-state index contributed by atoms with van der Waals surface area (Å²) in [5, 5.41) is 11.9. The minimum atomic E-state index is 0.106. The maximum Gasteiger partial charge on any atom is 0.233 e. The summed E-state index contributed by atoms with van der Waals surface area (Å²) < 4.78 is 1.58. The molecule has 1 heterocycles. The third-order valence-electron chi connectivity index (χ3n) is 4.10. The lowest BCUT2D eigenvalue weighted by Crippen LogP contribution is -2.34. The highest BCUT2D eigenvalue weighted by Crippen LogP contribution is 2.33. The van der Waals surface area contributed by atoms with Gasteiger partial charge in [0, 0.05) is 14.1 Å². The van der Waals surface area contributed by atoms with Crippen LogP contribution in [-0.2, 0) is 18.3 Å². The first-order valence-corrected chi connectivity index (χ1v) is 8.34. The standard InChI is InChI=1S/C15H19N5OS/c1-19(14(21)10-22-15-16-17-18-20(15)2)13-9-5-7-11-6-3-4-8-12(11)13/h3-4,6,8,13H,5,7,9-10H2,1-2H3. The molecule has 0 N–H and O–H groups in total. The second-order valence-electron chi connectivity index (χ2n) is 5.49. The van der Waals surface area contributed by atoms with Gasteiger partial charge in [-0.2, -0.15) is 0 Å². The SMILES string of the molecule is CN(C(=O)CSc1nnnn1C)C1CCCc2ccccc21. The van der Waals surface area contributed by atoms with E-state index in [0.29, 0.717) is 10.9 Å². The molecule has 6 nitrogen and oxygen atoms in total. The van der Waals surface area contributed by atoms with Crippen molar-refractivity contribution in [3.05, 3.63) is 35.4 Å². The van der Waals surface area contributed by atoms with Crippen molar-refractivity contribution in [2.45, 2.75) is 30.5 Å². The summed E-state index contributed by atoms with van der Waals surface area (Å²) in [7, 11) is 3.67. The Labute approximate surface area is 133 Å². The number of tetrazole rings is 1. The molecule has 0 saturated carbocycles. The van der Waals surface area contributed by atoms with Crippen molar-refractivity contribution < 1.29 is 4.79 Å². The second-order valence-corrected chi connectivity index (χ2v) is 6.43. The molecule has 1 aromatic heterocycles. The van der Waals surface area contributed by atoms with E-state index < -0.39 is 0 Å². The molecule has 1 unspecified atom stereocenters. The molecule has 0 spiro atoms. The summed E-state index contributed by atoms with van der Waals surface area (Å²) in [6.45, 7) is 0. The molecule has 0 aliphatic heterocycles. The molecule has 1 aromatic carbocycles. The van der Waals surface area contributed by atoms with Gasteiger partial charge in [0.1, 0.15) is 0 Å². The molecule has 0 bridgehead atoms. The maximum atomic E-state index is 12.5. The van der Waals surface area contributed by atoms with Gasteiger partial charge < -0.3 is 4.90 Å². The first-order chi connectivity index (χ1) is 10.7. The highest BCUT2D eigenvalue weighted by molar-refractivity contribution is 7.99. The molecule has 1 aliphatic carbocycles. The third kappa shape index (κ3) is 2.99. The normalized spacial score (nSPS) is 17.1. The van der Waals surface area contributed by atoms with Gasteiger partial charge in [-0.1, -0.05) is 36.0 Å². The largest absolute Gasteiger partial charge is 0.338 e. The number of fused-ring (bicyclic) bond motifs is 1. The van der Waals surface area contributed by atoms with E-state index >= 15 is 0 Å². The van der Waals surface area contributed by atoms with E-state index in [1.165, 1.54) is 22.9 Å². The Morgan fingerprint density at radius 1 is 1.45 bits per heavy atom. The maximum absolute atomic E-state index is 12.5. The highest BCUT2D eigenvalue weighted by Gasteiger charge is 2.26. The second kappa shape index (κ2) is 6.48. The highest BCUT2D eigenvalue weighted by atomic mass is 32.2. The van der Waals surface area contributed by atoms with Crippen LogP contribution in [0.25, 0.3) is 0 Å². The van der Waals surface area contributed by atoms with Crippen molar-refractivity contribution in [1.29, 1.82) is 0 Å². The van der Waals surface area contributed by atoms with Gasteiger partial charge >= 0.3 is 0 Å². The van der Waals surface area contributed by atoms with Gasteiger partial charge in [-0.3, -0.25) is 4.79 Å². The predicted molar refractivity (Wildman–Crippen MR) is 84.4 cm³/mol. The Morgan fingerprint density at radius 3 is 3.05 bits per heavy atom. The quantitative estimate of drug-likeness (QED) is 0.805. The molecule has 0 fully saturated rings. The smallest absolute Gasteiger partial charge is 0.233 e. The summed E-state index contributed by atoms with van der Waals surface area (Å²) >= 11 is 1.37. The van der Waals surface area contributed by atoms with Crippen molar-refractivity contribution in [3.63, 3.8) is 0 Å². The molecule has 116 valence electrons. The van der Waals surface area contributed by atoms with Crippen molar-refractivity contribution in [2.24, 2.45) is 7.05 Å². The van der Waals surface area contributed by atoms with Crippen LogP contribution in [-0.4, -0.2) is 43.8 Å². The third-order valence-corrected chi connectivity index (χ3v) is 5.10. The molecule has 2 aromatic rings. The van der Waals surface area contributed by atoms with Crippen molar-refractivity contribution in [1.82, 2.24) is 25.1 Å². The average Bonchev–Trinajstić information content (AvgIpc) is 2.96. The fourth-order valence-electron chi connectivity index (χ4n) is 2.88. The van der Waals surface area contributed by atoms with Gasteiger partial charge in [-0.25, -0.2) is 4.68 Å². The van der Waals surface area contributed by atoms with Crippen LogP contribution in [0.2, 0.25) is 0 Å². The van der Waals surface area contributed by atoms with E-state index in [9.17, 15) is 4.79 Å². The van der Waals surface area contributed by atoms with Crippen molar-refractivity contribution >= 4 is 17.7 Å². The monoisotopic (exact) mass is 317 g/mol.